The Kier molecular flexibility index (Phi) is 4.75. The number of aromatic nitrogens is 6. The molecule has 0 spiro atoms. The van der Waals surface area contributed by atoms with Crippen molar-refractivity contribution in [1.82, 2.24) is 30.6 Å². The molecule has 0 aliphatic carbocycles. The maximum absolute atomic E-state index is 12.3. The van der Waals surface area contributed by atoms with Crippen molar-refractivity contribution in [2.24, 2.45) is 0 Å². The van der Waals surface area contributed by atoms with Crippen LogP contribution in [0.2, 0.25) is 0 Å². The number of amides is 1. The number of hydrogen-bond donors (Lipinski definition) is 4. The lowest BCUT2D eigenvalue weighted by atomic mass is 10.2. The average Bonchev–Trinajstić information content (AvgIpc) is 3.09. The van der Waals surface area contributed by atoms with Gasteiger partial charge in [0, 0.05) is 11.3 Å². The fourth-order valence-corrected chi connectivity index (χ4v) is 2.62. The fourth-order valence-electron chi connectivity index (χ4n) is 2.03. The van der Waals surface area contributed by atoms with Crippen LogP contribution < -0.4 is 10.9 Å². The summed E-state index contributed by atoms with van der Waals surface area (Å²) in [5, 5.41) is 26.2. The summed E-state index contributed by atoms with van der Waals surface area (Å²) >= 11 is 1.25. The molecule has 0 atom stereocenters. The van der Waals surface area contributed by atoms with Crippen molar-refractivity contribution in [1.29, 1.82) is 0 Å². The third-order valence-corrected chi connectivity index (χ3v) is 3.89. The number of benzene rings is 1. The lowest BCUT2D eigenvalue weighted by Crippen LogP contribution is -2.24. The Morgan fingerprint density at radius 2 is 2.08 bits per heavy atom. The van der Waals surface area contributed by atoms with Gasteiger partial charge in [0.15, 0.2) is 10.7 Å². The molecule has 128 valence electrons. The molecule has 11 heteroatoms. The number of aromatic amines is 2. The van der Waals surface area contributed by atoms with Gasteiger partial charge in [0.25, 0.3) is 11.5 Å². The molecule has 3 rings (SSSR count). The third kappa shape index (κ3) is 3.66. The highest BCUT2D eigenvalue weighted by atomic mass is 32.2. The van der Waals surface area contributed by atoms with Gasteiger partial charge in [0.2, 0.25) is 11.7 Å². The number of hydrogen-bond acceptors (Lipinski definition) is 8. The van der Waals surface area contributed by atoms with Crippen LogP contribution in [0, 0.1) is 0 Å². The lowest BCUT2D eigenvalue weighted by molar-refractivity contribution is 0.102. The van der Waals surface area contributed by atoms with Gasteiger partial charge < -0.3 is 15.4 Å². The van der Waals surface area contributed by atoms with E-state index >= 15 is 0 Å². The zero-order valence-electron chi connectivity index (χ0n) is 13.0. The largest absolute Gasteiger partial charge is 0.493 e. The molecule has 25 heavy (non-hydrogen) atoms. The van der Waals surface area contributed by atoms with E-state index in [-0.39, 0.29) is 5.16 Å². The van der Waals surface area contributed by atoms with E-state index in [1.54, 1.807) is 24.3 Å². The first-order valence-electron chi connectivity index (χ1n) is 7.19. The normalized spacial score (nSPS) is 10.6. The van der Waals surface area contributed by atoms with Gasteiger partial charge in [0.1, 0.15) is 0 Å². The van der Waals surface area contributed by atoms with Crippen LogP contribution in [0.1, 0.15) is 17.3 Å². The van der Waals surface area contributed by atoms with E-state index in [1.807, 2.05) is 6.92 Å². The Morgan fingerprint density at radius 1 is 1.32 bits per heavy atom. The van der Waals surface area contributed by atoms with Gasteiger partial charge in [-0.2, -0.15) is 10.2 Å². The number of H-pyrrole nitrogens is 2. The van der Waals surface area contributed by atoms with E-state index in [2.05, 4.69) is 35.9 Å². The monoisotopic (exact) mass is 359 g/mol. The zero-order chi connectivity index (χ0) is 17.8. The number of aromatic hydroxyl groups is 1. The van der Waals surface area contributed by atoms with Gasteiger partial charge >= 0.3 is 0 Å². The number of rotatable bonds is 5. The quantitative estimate of drug-likeness (QED) is 0.389. The first-order chi connectivity index (χ1) is 12.1. The van der Waals surface area contributed by atoms with Crippen LogP contribution in [0.4, 0.5) is 5.69 Å². The topological polar surface area (TPSA) is 150 Å². The molecule has 0 unspecified atom stereocenters. The summed E-state index contributed by atoms with van der Waals surface area (Å²) in [4.78, 5) is 30.6. The van der Waals surface area contributed by atoms with Gasteiger partial charge in [-0.15, -0.1) is 10.2 Å². The summed E-state index contributed by atoms with van der Waals surface area (Å²) in [5.74, 6) is -0.284. The van der Waals surface area contributed by atoms with Crippen molar-refractivity contribution in [3.63, 3.8) is 0 Å². The minimum atomic E-state index is -0.758. The van der Waals surface area contributed by atoms with Crippen molar-refractivity contribution in [2.45, 2.75) is 12.1 Å². The van der Waals surface area contributed by atoms with Crippen LogP contribution in [0.25, 0.3) is 11.4 Å². The summed E-state index contributed by atoms with van der Waals surface area (Å²) in [7, 11) is 0. The standard InChI is InChI=1S/C14H13N7O3S/c1-2-25-14-16-12(23)9(13(24)17-14)11(22)15-8-5-3-7(4-6-8)10-18-20-21-19-10/h3-6H,2H2,1H3,(H,15,22)(H2,16,17,23,24)(H,18,19,20,21). The molecular weight excluding hydrogens is 346 g/mol. The van der Waals surface area contributed by atoms with Crippen LogP contribution in [0.3, 0.4) is 0 Å². The molecule has 2 aromatic heterocycles. The average molecular weight is 359 g/mol. The highest BCUT2D eigenvalue weighted by Gasteiger charge is 2.19. The first kappa shape index (κ1) is 16.6. The lowest BCUT2D eigenvalue weighted by Gasteiger charge is -2.07. The second kappa shape index (κ2) is 7.13. The van der Waals surface area contributed by atoms with Gasteiger partial charge in [0.05, 0.1) is 0 Å². The van der Waals surface area contributed by atoms with Crippen LogP contribution >= 0.6 is 11.8 Å². The number of carbonyl (C=O) groups excluding carboxylic acids is 1. The third-order valence-electron chi connectivity index (χ3n) is 3.13. The number of nitrogens with zero attached hydrogens (tertiary/aromatic N) is 4. The van der Waals surface area contributed by atoms with Gasteiger partial charge in [-0.25, -0.2) is 0 Å². The molecule has 0 aliphatic heterocycles. The predicted octanol–water partition coefficient (Wildman–Crippen LogP) is 1.02. The minimum absolute atomic E-state index is 0.256. The molecule has 2 heterocycles. The molecule has 10 nitrogen and oxygen atoms in total. The molecule has 0 aliphatic rings. The van der Waals surface area contributed by atoms with Crippen LogP contribution in [0.15, 0.2) is 34.2 Å². The Labute approximate surface area is 145 Å². The molecule has 0 saturated carbocycles. The number of nitrogens with one attached hydrogen (secondary N) is 3. The molecule has 0 saturated heterocycles. The molecular formula is C14H13N7O3S. The number of tetrazole rings is 1. The van der Waals surface area contributed by atoms with Crippen LogP contribution in [-0.2, 0) is 0 Å². The molecule has 1 amide bonds. The van der Waals surface area contributed by atoms with Crippen LogP contribution in [0.5, 0.6) is 5.88 Å². The molecule has 3 aromatic rings. The highest BCUT2D eigenvalue weighted by Crippen LogP contribution is 2.19. The van der Waals surface area contributed by atoms with Gasteiger partial charge in [-0.05, 0) is 35.2 Å². The van der Waals surface area contributed by atoms with Crippen molar-refractivity contribution < 1.29 is 9.90 Å². The van der Waals surface area contributed by atoms with Crippen molar-refractivity contribution in [2.75, 3.05) is 11.1 Å². The van der Waals surface area contributed by atoms with E-state index in [0.717, 1.165) is 0 Å². The molecule has 4 N–H and O–H groups in total. The second-order valence-electron chi connectivity index (χ2n) is 4.77. The van der Waals surface area contributed by atoms with Gasteiger partial charge in [-0.3, -0.25) is 9.59 Å². The molecule has 1 aromatic carbocycles. The predicted molar refractivity (Wildman–Crippen MR) is 90.5 cm³/mol. The number of anilines is 1. The second-order valence-corrected chi connectivity index (χ2v) is 6.02. The zero-order valence-corrected chi connectivity index (χ0v) is 13.8. The minimum Gasteiger partial charge on any atom is -0.493 e. The molecule has 0 radical (unpaired) electrons. The Bertz CT molecular complexity index is 938. The van der Waals surface area contributed by atoms with Crippen molar-refractivity contribution >= 4 is 23.4 Å². The fraction of sp³-hybridized carbons (Fsp3) is 0.143. The van der Waals surface area contributed by atoms with E-state index in [4.69, 9.17) is 0 Å². The van der Waals surface area contributed by atoms with E-state index in [1.165, 1.54) is 11.8 Å². The van der Waals surface area contributed by atoms with Crippen molar-refractivity contribution in [3.8, 4) is 17.3 Å². The van der Waals surface area contributed by atoms with Gasteiger partial charge in [-0.1, -0.05) is 18.7 Å². The summed E-state index contributed by atoms with van der Waals surface area (Å²) < 4.78 is 0. The highest BCUT2D eigenvalue weighted by molar-refractivity contribution is 7.99. The molecule has 0 bridgehead atoms. The summed E-state index contributed by atoms with van der Waals surface area (Å²) in [6.45, 7) is 1.88. The van der Waals surface area contributed by atoms with E-state index in [0.29, 0.717) is 22.8 Å². The maximum atomic E-state index is 12.3. The Hall–Kier alpha value is -3.21. The summed E-state index contributed by atoms with van der Waals surface area (Å²) in [6, 6.07) is 6.60. The molecule has 0 fully saturated rings. The maximum Gasteiger partial charge on any atom is 0.268 e. The SMILES string of the molecule is CCSc1nc(O)c(C(=O)Nc2ccc(-c3nn[nH]n3)cc2)c(=O)[nH]1. The summed E-state index contributed by atoms with van der Waals surface area (Å²) in [5.41, 5.74) is -0.00910. The smallest absolute Gasteiger partial charge is 0.268 e. The van der Waals surface area contributed by atoms with Crippen molar-refractivity contribution in [3.05, 3.63) is 40.2 Å². The van der Waals surface area contributed by atoms with Crippen LogP contribution in [-0.4, -0.2) is 47.4 Å². The van der Waals surface area contributed by atoms with E-state index in [9.17, 15) is 14.7 Å². The first-order valence-corrected chi connectivity index (χ1v) is 8.18. The number of thioether (sulfide) groups is 1. The Morgan fingerprint density at radius 3 is 2.68 bits per heavy atom. The van der Waals surface area contributed by atoms with E-state index < -0.39 is 22.9 Å². The number of carbonyl (C=O) groups is 1. The Balaban J connectivity index is 1.79. The summed E-state index contributed by atoms with van der Waals surface area (Å²) in [6.07, 6.45) is 0.